The number of hydrogen-bond donors (Lipinski definition) is 1. The van der Waals surface area contributed by atoms with Gasteiger partial charge in [0, 0.05) is 12.7 Å². The molecule has 0 saturated carbocycles. The van der Waals surface area contributed by atoms with Crippen molar-refractivity contribution in [3.63, 3.8) is 0 Å². The molecule has 3 nitrogen and oxygen atoms in total. The van der Waals surface area contributed by atoms with Gasteiger partial charge in [0.1, 0.15) is 5.82 Å². The SMILES string of the molecule is CN(C(=O)c1ccccc1F)c1ccc(CCN)cc1. The second kappa shape index (κ2) is 6.30. The molecule has 0 fully saturated rings. The molecule has 0 spiro atoms. The molecule has 0 aliphatic heterocycles. The number of nitrogens with two attached hydrogens (primary N) is 1. The maximum atomic E-state index is 13.6. The summed E-state index contributed by atoms with van der Waals surface area (Å²) < 4.78 is 13.6. The van der Waals surface area contributed by atoms with Gasteiger partial charge in [0.15, 0.2) is 0 Å². The molecule has 4 heteroatoms. The molecule has 1 amide bonds. The molecule has 2 aromatic carbocycles. The lowest BCUT2D eigenvalue weighted by molar-refractivity contribution is 0.0989. The number of halogens is 1. The van der Waals surface area contributed by atoms with E-state index >= 15 is 0 Å². The molecule has 0 bridgehead atoms. The molecule has 0 radical (unpaired) electrons. The monoisotopic (exact) mass is 272 g/mol. The first-order valence-corrected chi connectivity index (χ1v) is 6.45. The van der Waals surface area contributed by atoms with Gasteiger partial charge in [-0.05, 0) is 42.8 Å². The lowest BCUT2D eigenvalue weighted by Gasteiger charge is -2.18. The van der Waals surface area contributed by atoms with Crippen molar-refractivity contribution in [2.24, 2.45) is 5.73 Å². The fourth-order valence-electron chi connectivity index (χ4n) is 1.99. The van der Waals surface area contributed by atoms with E-state index < -0.39 is 5.82 Å². The van der Waals surface area contributed by atoms with Crippen molar-refractivity contribution in [3.8, 4) is 0 Å². The van der Waals surface area contributed by atoms with Crippen LogP contribution in [0.5, 0.6) is 0 Å². The topological polar surface area (TPSA) is 46.3 Å². The van der Waals surface area contributed by atoms with E-state index in [1.807, 2.05) is 24.3 Å². The Labute approximate surface area is 117 Å². The first-order chi connectivity index (χ1) is 9.63. The Morgan fingerprint density at radius 3 is 2.40 bits per heavy atom. The summed E-state index contributed by atoms with van der Waals surface area (Å²) in [5.41, 5.74) is 7.40. The van der Waals surface area contributed by atoms with Gasteiger partial charge in [0.25, 0.3) is 5.91 Å². The zero-order valence-electron chi connectivity index (χ0n) is 11.3. The molecule has 2 aromatic rings. The minimum atomic E-state index is -0.510. The lowest BCUT2D eigenvalue weighted by atomic mass is 10.1. The van der Waals surface area contributed by atoms with Crippen LogP contribution < -0.4 is 10.6 Å². The predicted molar refractivity (Wildman–Crippen MR) is 78.3 cm³/mol. The van der Waals surface area contributed by atoms with Gasteiger partial charge in [0.2, 0.25) is 0 Å². The van der Waals surface area contributed by atoms with Gasteiger partial charge >= 0.3 is 0 Å². The Kier molecular flexibility index (Phi) is 4.48. The van der Waals surface area contributed by atoms with E-state index in [1.54, 1.807) is 19.2 Å². The van der Waals surface area contributed by atoms with Crippen LogP contribution in [0.2, 0.25) is 0 Å². The second-order valence-electron chi connectivity index (χ2n) is 4.55. The molecule has 0 atom stereocenters. The second-order valence-corrected chi connectivity index (χ2v) is 4.55. The molecule has 2 N–H and O–H groups in total. The summed E-state index contributed by atoms with van der Waals surface area (Å²) in [6.07, 6.45) is 0.797. The summed E-state index contributed by atoms with van der Waals surface area (Å²) in [6.45, 7) is 0.587. The van der Waals surface area contributed by atoms with Crippen LogP contribution in [0.15, 0.2) is 48.5 Å². The van der Waals surface area contributed by atoms with Crippen LogP contribution in [0.1, 0.15) is 15.9 Å². The Morgan fingerprint density at radius 2 is 1.80 bits per heavy atom. The number of benzene rings is 2. The average molecular weight is 272 g/mol. The van der Waals surface area contributed by atoms with Gasteiger partial charge in [-0.2, -0.15) is 0 Å². The molecule has 20 heavy (non-hydrogen) atoms. The van der Waals surface area contributed by atoms with Gasteiger partial charge < -0.3 is 10.6 Å². The molecule has 0 heterocycles. The standard InChI is InChI=1S/C16H17FN2O/c1-19(13-8-6-12(7-9-13)10-11-18)16(20)14-4-2-3-5-15(14)17/h2-9H,10-11,18H2,1H3. The van der Waals surface area contributed by atoms with Crippen LogP contribution in [-0.2, 0) is 6.42 Å². The number of nitrogens with zero attached hydrogens (tertiary/aromatic N) is 1. The smallest absolute Gasteiger partial charge is 0.260 e. The lowest BCUT2D eigenvalue weighted by Crippen LogP contribution is -2.27. The zero-order valence-corrected chi connectivity index (χ0v) is 11.3. The Hall–Kier alpha value is -2.20. The average Bonchev–Trinajstić information content (AvgIpc) is 2.47. The molecule has 0 aromatic heterocycles. The quantitative estimate of drug-likeness (QED) is 0.930. The number of amides is 1. The van der Waals surface area contributed by atoms with Crippen molar-refractivity contribution >= 4 is 11.6 Å². The third-order valence-corrected chi connectivity index (χ3v) is 3.17. The van der Waals surface area contributed by atoms with Crippen LogP contribution in [0.4, 0.5) is 10.1 Å². The molecule has 0 aliphatic carbocycles. The summed E-state index contributed by atoms with van der Waals surface area (Å²) in [6, 6.07) is 13.5. The van der Waals surface area contributed by atoms with Crippen LogP contribution in [-0.4, -0.2) is 19.5 Å². The van der Waals surface area contributed by atoms with E-state index in [0.717, 1.165) is 17.7 Å². The molecular formula is C16H17FN2O. The molecule has 2 rings (SSSR count). The minimum absolute atomic E-state index is 0.0704. The van der Waals surface area contributed by atoms with Gasteiger partial charge in [-0.3, -0.25) is 4.79 Å². The summed E-state index contributed by atoms with van der Waals surface area (Å²) >= 11 is 0. The number of carbonyl (C=O) groups excluding carboxylic acids is 1. The zero-order chi connectivity index (χ0) is 14.5. The van der Waals surface area contributed by atoms with Crippen molar-refractivity contribution in [2.75, 3.05) is 18.5 Å². The molecular weight excluding hydrogens is 255 g/mol. The normalized spacial score (nSPS) is 10.3. The van der Waals surface area contributed by atoms with Crippen molar-refractivity contribution in [1.29, 1.82) is 0 Å². The minimum Gasteiger partial charge on any atom is -0.330 e. The fourth-order valence-corrected chi connectivity index (χ4v) is 1.99. The molecule has 0 saturated heterocycles. The van der Waals surface area contributed by atoms with E-state index in [4.69, 9.17) is 5.73 Å². The Morgan fingerprint density at radius 1 is 1.15 bits per heavy atom. The van der Waals surface area contributed by atoms with Crippen molar-refractivity contribution < 1.29 is 9.18 Å². The first kappa shape index (κ1) is 14.2. The number of hydrogen-bond acceptors (Lipinski definition) is 2. The van der Waals surface area contributed by atoms with Crippen LogP contribution in [0.3, 0.4) is 0 Å². The summed E-state index contributed by atoms with van der Waals surface area (Å²) in [5.74, 6) is -0.876. The number of carbonyl (C=O) groups is 1. The van der Waals surface area contributed by atoms with E-state index in [2.05, 4.69) is 0 Å². The van der Waals surface area contributed by atoms with Gasteiger partial charge in [0.05, 0.1) is 5.56 Å². The maximum absolute atomic E-state index is 13.6. The molecule has 0 unspecified atom stereocenters. The number of rotatable bonds is 4. The fraction of sp³-hybridized carbons (Fsp3) is 0.188. The first-order valence-electron chi connectivity index (χ1n) is 6.45. The van der Waals surface area contributed by atoms with Gasteiger partial charge in [-0.15, -0.1) is 0 Å². The molecule has 0 aliphatic rings. The summed E-state index contributed by atoms with van der Waals surface area (Å²) in [5, 5.41) is 0. The summed E-state index contributed by atoms with van der Waals surface area (Å²) in [7, 11) is 1.63. The summed E-state index contributed by atoms with van der Waals surface area (Å²) in [4.78, 5) is 13.7. The van der Waals surface area contributed by atoms with E-state index in [0.29, 0.717) is 6.54 Å². The highest BCUT2D eigenvalue weighted by atomic mass is 19.1. The number of anilines is 1. The van der Waals surface area contributed by atoms with Gasteiger partial charge in [-0.25, -0.2) is 4.39 Å². The predicted octanol–water partition coefficient (Wildman–Crippen LogP) is 2.60. The maximum Gasteiger partial charge on any atom is 0.260 e. The van der Waals surface area contributed by atoms with E-state index in [-0.39, 0.29) is 11.5 Å². The van der Waals surface area contributed by atoms with Crippen molar-refractivity contribution in [1.82, 2.24) is 0 Å². The Balaban J connectivity index is 2.20. The largest absolute Gasteiger partial charge is 0.330 e. The highest BCUT2D eigenvalue weighted by Gasteiger charge is 2.16. The van der Waals surface area contributed by atoms with Crippen molar-refractivity contribution in [3.05, 3.63) is 65.5 Å². The third kappa shape index (κ3) is 3.03. The highest BCUT2D eigenvalue weighted by molar-refractivity contribution is 6.05. The van der Waals surface area contributed by atoms with E-state index in [9.17, 15) is 9.18 Å². The molecule has 104 valence electrons. The van der Waals surface area contributed by atoms with E-state index in [1.165, 1.54) is 17.0 Å². The van der Waals surface area contributed by atoms with Crippen LogP contribution in [0.25, 0.3) is 0 Å². The third-order valence-electron chi connectivity index (χ3n) is 3.17. The van der Waals surface area contributed by atoms with Gasteiger partial charge in [-0.1, -0.05) is 24.3 Å². The Bertz CT molecular complexity index is 596. The van der Waals surface area contributed by atoms with Crippen molar-refractivity contribution in [2.45, 2.75) is 6.42 Å². The van der Waals surface area contributed by atoms with Crippen LogP contribution >= 0.6 is 0 Å². The highest BCUT2D eigenvalue weighted by Crippen LogP contribution is 2.18. The van der Waals surface area contributed by atoms with Crippen LogP contribution in [0, 0.1) is 5.82 Å².